The van der Waals surface area contributed by atoms with Gasteiger partial charge in [-0.1, -0.05) is 31.1 Å². The van der Waals surface area contributed by atoms with Gasteiger partial charge in [0, 0.05) is 8.31 Å². The van der Waals surface area contributed by atoms with E-state index >= 15 is 0 Å². The molecule has 0 aromatic carbocycles. The summed E-state index contributed by atoms with van der Waals surface area (Å²) in [6, 6.07) is 0. The van der Waals surface area contributed by atoms with E-state index in [1.165, 1.54) is 6.08 Å². The first-order valence-corrected chi connectivity index (χ1v) is 6.69. The van der Waals surface area contributed by atoms with Crippen LogP contribution in [0.5, 0.6) is 0 Å². The number of rotatable bonds is 4. The summed E-state index contributed by atoms with van der Waals surface area (Å²) >= 11 is 0. The smallest absolute Gasteiger partial charge is 0.333 e. The van der Waals surface area contributed by atoms with Crippen molar-refractivity contribution >= 4 is 5.97 Å². The van der Waals surface area contributed by atoms with Gasteiger partial charge in [0.15, 0.2) is 0 Å². The lowest BCUT2D eigenvalue weighted by atomic mass is 9.71. The molecule has 0 amide bonds. The topological polar surface area (TPSA) is 26.3 Å². The minimum atomic E-state index is -1.61. The fourth-order valence-electron chi connectivity index (χ4n) is 2.43. The average molecular weight is 252 g/mol. The molecule has 0 radical (unpaired) electrons. The van der Waals surface area contributed by atoms with Gasteiger partial charge in [-0.2, -0.15) is 0 Å². The van der Waals surface area contributed by atoms with Gasteiger partial charge in [-0.15, -0.1) is 0 Å². The molecule has 18 heavy (non-hydrogen) atoms. The standard InChI is InChI=1S/C16H26O2/c1-6-18-15(17)13(3)9-10-14-12(2)8-7-11-16(14,4)5/h9H,6-8,10-11H2,1-5H3/b13-9+/i10D2. The van der Waals surface area contributed by atoms with Crippen LogP contribution in [-0.2, 0) is 9.53 Å². The van der Waals surface area contributed by atoms with Crippen molar-refractivity contribution in [3.8, 4) is 0 Å². The number of esters is 1. The maximum absolute atomic E-state index is 11.7. The molecule has 0 unspecified atom stereocenters. The van der Waals surface area contributed by atoms with E-state index in [9.17, 15) is 4.79 Å². The highest BCUT2D eigenvalue weighted by Crippen LogP contribution is 2.41. The van der Waals surface area contributed by atoms with Gasteiger partial charge >= 0.3 is 5.97 Å². The van der Waals surface area contributed by atoms with E-state index in [0.717, 1.165) is 30.4 Å². The van der Waals surface area contributed by atoms with Crippen LogP contribution in [0, 0.1) is 5.41 Å². The van der Waals surface area contributed by atoms with Crippen LogP contribution in [0.3, 0.4) is 0 Å². The predicted molar refractivity (Wildman–Crippen MR) is 75.3 cm³/mol. The summed E-state index contributed by atoms with van der Waals surface area (Å²) in [5.74, 6) is -0.441. The van der Waals surface area contributed by atoms with Gasteiger partial charge in [0.2, 0.25) is 0 Å². The number of hydrogen-bond acceptors (Lipinski definition) is 2. The lowest BCUT2D eigenvalue weighted by Gasteiger charge is -2.34. The van der Waals surface area contributed by atoms with Crippen LogP contribution >= 0.6 is 0 Å². The second kappa shape index (κ2) is 6.21. The summed E-state index contributed by atoms with van der Waals surface area (Å²) in [5, 5.41) is 0. The molecular formula is C16H26O2. The third-order valence-corrected chi connectivity index (χ3v) is 3.49. The average Bonchev–Trinajstić information content (AvgIpc) is 2.26. The first-order chi connectivity index (χ1) is 9.12. The van der Waals surface area contributed by atoms with Gasteiger partial charge in [0.25, 0.3) is 0 Å². The zero-order valence-electron chi connectivity index (χ0n) is 14.2. The number of carbonyl (C=O) groups is 1. The zero-order valence-corrected chi connectivity index (χ0v) is 12.2. The molecule has 2 nitrogen and oxygen atoms in total. The van der Waals surface area contributed by atoms with E-state index in [-0.39, 0.29) is 5.41 Å². The Bertz CT molecular complexity index is 445. The second-order valence-corrected chi connectivity index (χ2v) is 5.58. The number of hydrogen-bond donors (Lipinski definition) is 0. The number of ether oxygens (including phenoxy) is 1. The van der Waals surface area contributed by atoms with Gasteiger partial charge in [-0.3, -0.25) is 0 Å². The largest absolute Gasteiger partial charge is 0.463 e. The van der Waals surface area contributed by atoms with Crippen molar-refractivity contribution in [1.82, 2.24) is 0 Å². The molecular weight excluding hydrogens is 224 g/mol. The Morgan fingerprint density at radius 2 is 2.22 bits per heavy atom. The van der Waals surface area contributed by atoms with E-state index in [2.05, 4.69) is 13.8 Å². The molecule has 0 aliphatic heterocycles. The predicted octanol–water partition coefficient (Wildman–Crippen LogP) is 4.41. The van der Waals surface area contributed by atoms with Gasteiger partial charge in [-0.25, -0.2) is 4.79 Å². The lowest BCUT2D eigenvalue weighted by molar-refractivity contribution is -0.138. The lowest BCUT2D eigenvalue weighted by Crippen LogP contribution is -2.20. The molecule has 0 spiro atoms. The molecule has 0 heterocycles. The first-order valence-electron chi connectivity index (χ1n) is 7.69. The SMILES string of the molecule is [2H]C([2H])(/C=C(\C)C(=O)OCC)C1=C(C)CCCC1(C)C. The maximum Gasteiger partial charge on any atom is 0.333 e. The van der Waals surface area contributed by atoms with Crippen molar-refractivity contribution in [2.45, 2.75) is 60.3 Å². The summed E-state index contributed by atoms with van der Waals surface area (Å²) < 4.78 is 21.7. The molecule has 0 saturated carbocycles. The summed E-state index contributed by atoms with van der Waals surface area (Å²) in [6.45, 7) is 9.83. The van der Waals surface area contributed by atoms with Crippen LogP contribution in [0.1, 0.15) is 63.0 Å². The molecule has 1 aliphatic carbocycles. The highest BCUT2D eigenvalue weighted by atomic mass is 16.5. The van der Waals surface area contributed by atoms with Crippen LogP contribution in [0.2, 0.25) is 0 Å². The third kappa shape index (κ3) is 3.72. The van der Waals surface area contributed by atoms with Crippen molar-refractivity contribution in [2.75, 3.05) is 6.61 Å². The Morgan fingerprint density at radius 3 is 2.78 bits per heavy atom. The Kier molecular flexibility index (Phi) is 4.15. The minimum absolute atomic E-state index is 0.169. The highest BCUT2D eigenvalue weighted by molar-refractivity contribution is 5.87. The van der Waals surface area contributed by atoms with Crippen molar-refractivity contribution in [3.05, 3.63) is 22.8 Å². The van der Waals surface area contributed by atoms with Gasteiger partial charge in [0.05, 0.1) is 6.61 Å². The van der Waals surface area contributed by atoms with Gasteiger partial charge in [0.1, 0.15) is 0 Å². The minimum Gasteiger partial charge on any atom is -0.463 e. The third-order valence-electron chi connectivity index (χ3n) is 3.49. The summed E-state index contributed by atoms with van der Waals surface area (Å²) in [6.07, 6.45) is 2.82. The van der Waals surface area contributed by atoms with Crippen LogP contribution in [0.25, 0.3) is 0 Å². The second-order valence-electron chi connectivity index (χ2n) is 5.58. The molecule has 0 bridgehead atoms. The quantitative estimate of drug-likeness (QED) is 0.421. The van der Waals surface area contributed by atoms with Crippen molar-refractivity contribution in [3.63, 3.8) is 0 Å². The summed E-state index contributed by atoms with van der Waals surface area (Å²) in [4.78, 5) is 11.7. The van der Waals surface area contributed by atoms with E-state index < -0.39 is 12.3 Å². The molecule has 102 valence electrons. The van der Waals surface area contributed by atoms with Gasteiger partial charge in [-0.05, 0) is 51.8 Å². The van der Waals surface area contributed by atoms with Crippen LogP contribution in [0.15, 0.2) is 22.8 Å². The molecule has 1 rings (SSSR count). The molecule has 0 atom stereocenters. The van der Waals surface area contributed by atoms with E-state index in [1.54, 1.807) is 13.8 Å². The van der Waals surface area contributed by atoms with Crippen LogP contribution < -0.4 is 0 Å². The number of allylic oxidation sites excluding steroid dienone is 3. The first kappa shape index (κ1) is 12.0. The van der Waals surface area contributed by atoms with Crippen molar-refractivity contribution in [2.24, 2.45) is 5.41 Å². The van der Waals surface area contributed by atoms with E-state index in [1.807, 2.05) is 6.92 Å². The molecule has 0 fully saturated rings. The monoisotopic (exact) mass is 252 g/mol. The highest BCUT2D eigenvalue weighted by Gasteiger charge is 2.27. The summed E-state index contributed by atoms with van der Waals surface area (Å²) in [7, 11) is 0. The zero-order chi connectivity index (χ0) is 15.6. The maximum atomic E-state index is 11.7. The molecule has 0 N–H and O–H groups in total. The molecule has 0 aromatic heterocycles. The van der Waals surface area contributed by atoms with Gasteiger partial charge < -0.3 is 4.74 Å². The van der Waals surface area contributed by atoms with E-state index in [0.29, 0.717) is 12.2 Å². The molecule has 0 saturated heterocycles. The van der Waals surface area contributed by atoms with Crippen LogP contribution in [-0.4, -0.2) is 12.6 Å². The Balaban J connectivity index is 3.15. The molecule has 2 heteroatoms. The summed E-state index contributed by atoms with van der Waals surface area (Å²) in [5.41, 5.74) is 2.09. The fraction of sp³-hybridized carbons (Fsp3) is 0.688. The Labute approximate surface area is 114 Å². The Hall–Kier alpha value is -1.05. The fourth-order valence-corrected chi connectivity index (χ4v) is 2.43. The van der Waals surface area contributed by atoms with Crippen molar-refractivity contribution in [1.29, 1.82) is 0 Å². The molecule has 0 aromatic rings. The Morgan fingerprint density at radius 1 is 1.56 bits per heavy atom. The van der Waals surface area contributed by atoms with Crippen molar-refractivity contribution < 1.29 is 12.3 Å². The van der Waals surface area contributed by atoms with Crippen LogP contribution in [0.4, 0.5) is 0 Å². The molecule has 1 aliphatic rings. The normalized spacial score (nSPS) is 22.4. The number of carbonyl (C=O) groups excluding carboxylic acids is 1. The van der Waals surface area contributed by atoms with E-state index in [4.69, 9.17) is 7.48 Å².